The molecule has 8 heteroatoms. The fourth-order valence-corrected chi connectivity index (χ4v) is 3.37. The Morgan fingerprint density at radius 3 is 2.62 bits per heavy atom. The molecule has 1 aromatic carbocycles. The summed E-state index contributed by atoms with van der Waals surface area (Å²) in [5.41, 5.74) is 0.772. The fraction of sp³-hybridized carbons (Fsp3) is 0.333. The lowest BCUT2D eigenvalue weighted by atomic mass is 10.0. The highest BCUT2D eigenvalue weighted by molar-refractivity contribution is 9.10. The van der Waals surface area contributed by atoms with Gasteiger partial charge in [0, 0.05) is 23.8 Å². The molecule has 0 bridgehead atoms. The van der Waals surface area contributed by atoms with Gasteiger partial charge in [0.05, 0.1) is 11.3 Å². The van der Waals surface area contributed by atoms with Crippen LogP contribution in [-0.4, -0.2) is 33.4 Å². The molecule has 1 unspecified atom stereocenters. The normalized spacial score (nSPS) is 14.7. The van der Waals surface area contributed by atoms with Crippen LogP contribution in [0.1, 0.15) is 30.6 Å². The van der Waals surface area contributed by atoms with Gasteiger partial charge in [0.25, 0.3) is 11.7 Å². The molecule has 0 aliphatic carbocycles. The molecule has 1 aromatic heterocycles. The Balaban J connectivity index is 1.96. The van der Waals surface area contributed by atoms with Gasteiger partial charge in [-0.3, -0.25) is 24.0 Å². The van der Waals surface area contributed by atoms with Crippen LogP contribution in [0.4, 0.5) is 11.5 Å². The summed E-state index contributed by atoms with van der Waals surface area (Å²) in [5, 5.41) is 6.87. The van der Waals surface area contributed by atoms with E-state index >= 15 is 0 Å². The number of benzene rings is 1. The predicted molar refractivity (Wildman–Crippen MR) is 101 cm³/mol. The van der Waals surface area contributed by atoms with E-state index in [2.05, 4.69) is 26.3 Å². The molecular formula is C18H19BrN4O3. The standard InChI is InChI=1S/C18H19BrN4O3/c1-10(2)8-14(17(25)20-15-6-7-22(3)21-15)23-13-5-4-11(19)9-12(13)16(24)18(23)26/h4-7,9-10,14H,8H2,1-3H3,(H,20,21,25). The first-order chi connectivity index (χ1) is 12.3. The summed E-state index contributed by atoms with van der Waals surface area (Å²) >= 11 is 3.31. The third kappa shape index (κ3) is 3.41. The smallest absolute Gasteiger partial charge is 0.300 e. The number of carbonyl (C=O) groups is 3. The molecule has 0 fully saturated rings. The lowest BCUT2D eigenvalue weighted by Crippen LogP contribution is -2.47. The van der Waals surface area contributed by atoms with Gasteiger partial charge >= 0.3 is 0 Å². The molecule has 2 amide bonds. The van der Waals surface area contributed by atoms with Crippen molar-refractivity contribution in [1.82, 2.24) is 9.78 Å². The summed E-state index contributed by atoms with van der Waals surface area (Å²) in [6.07, 6.45) is 2.14. The number of fused-ring (bicyclic) bond motifs is 1. The van der Waals surface area contributed by atoms with Gasteiger partial charge in [-0.1, -0.05) is 29.8 Å². The van der Waals surface area contributed by atoms with Crippen LogP contribution in [-0.2, 0) is 16.6 Å². The molecule has 136 valence electrons. The Hall–Kier alpha value is -2.48. The minimum Gasteiger partial charge on any atom is -0.307 e. The van der Waals surface area contributed by atoms with Crippen LogP contribution in [0.2, 0.25) is 0 Å². The SMILES string of the molecule is CC(C)CC(C(=O)Nc1ccn(C)n1)N1C(=O)C(=O)c2cc(Br)ccc21. The first-order valence-electron chi connectivity index (χ1n) is 8.26. The third-order valence-electron chi connectivity index (χ3n) is 4.15. The summed E-state index contributed by atoms with van der Waals surface area (Å²) in [5.74, 6) is -1.09. The van der Waals surface area contributed by atoms with Crippen LogP contribution in [0.3, 0.4) is 0 Å². The second kappa shape index (κ2) is 7.03. The Labute approximate surface area is 159 Å². The number of carbonyl (C=O) groups excluding carboxylic acids is 3. The largest absolute Gasteiger partial charge is 0.307 e. The number of hydrogen-bond donors (Lipinski definition) is 1. The Kier molecular flexibility index (Phi) is 4.95. The van der Waals surface area contributed by atoms with Crippen molar-refractivity contribution in [3.63, 3.8) is 0 Å². The Bertz CT molecular complexity index is 890. The number of nitrogens with zero attached hydrogens (tertiary/aromatic N) is 3. The van der Waals surface area contributed by atoms with E-state index in [9.17, 15) is 14.4 Å². The van der Waals surface area contributed by atoms with E-state index in [1.54, 1.807) is 42.2 Å². The van der Waals surface area contributed by atoms with Crippen LogP contribution >= 0.6 is 15.9 Å². The highest BCUT2D eigenvalue weighted by atomic mass is 79.9. The van der Waals surface area contributed by atoms with E-state index in [0.717, 1.165) is 0 Å². The zero-order valence-electron chi connectivity index (χ0n) is 14.7. The van der Waals surface area contributed by atoms with E-state index in [1.165, 1.54) is 4.90 Å². The van der Waals surface area contributed by atoms with Crippen molar-refractivity contribution in [3.8, 4) is 0 Å². The zero-order chi connectivity index (χ0) is 19.0. The molecule has 26 heavy (non-hydrogen) atoms. The molecule has 2 aromatic rings. The summed E-state index contributed by atoms with van der Waals surface area (Å²) in [4.78, 5) is 39.2. The average Bonchev–Trinajstić information content (AvgIpc) is 3.08. The van der Waals surface area contributed by atoms with Crippen LogP contribution < -0.4 is 10.2 Å². The quantitative estimate of drug-likeness (QED) is 0.756. The van der Waals surface area contributed by atoms with Gasteiger partial charge in [-0.15, -0.1) is 0 Å². The Morgan fingerprint density at radius 1 is 1.27 bits per heavy atom. The number of nitrogens with one attached hydrogen (secondary N) is 1. The number of Topliss-reactive ketones (excluding diaryl/α,β-unsaturated/α-hetero) is 1. The van der Waals surface area contributed by atoms with Gasteiger partial charge in [0.2, 0.25) is 5.91 Å². The molecule has 0 radical (unpaired) electrons. The lowest BCUT2D eigenvalue weighted by Gasteiger charge is -2.28. The number of hydrogen-bond acceptors (Lipinski definition) is 4. The van der Waals surface area contributed by atoms with Gasteiger partial charge in [0.15, 0.2) is 5.82 Å². The molecule has 1 aliphatic rings. The highest BCUT2D eigenvalue weighted by Gasteiger charge is 2.42. The number of amides is 2. The molecule has 7 nitrogen and oxygen atoms in total. The lowest BCUT2D eigenvalue weighted by molar-refractivity contribution is -0.121. The minimum absolute atomic E-state index is 0.150. The van der Waals surface area contributed by atoms with Gasteiger partial charge in [0.1, 0.15) is 6.04 Å². The molecule has 1 N–H and O–H groups in total. The van der Waals surface area contributed by atoms with E-state index in [0.29, 0.717) is 28.0 Å². The topological polar surface area (TPSA) is 84.3 Å². The average molecular weight is 419 g/mol. The molecule has 2 heterocycles. The second-order valence-electron chi connectivity index (χ2n) is 6.67. The van der Waals surface area contributed by atoms with Crippen LogP contribution in [0.25, 0.3) is 0 Å². The summed E-state index contributed by atoms with van der Waals surface area (Å²) in [7, 11) is 1.75. The van der Waals surface area contributed by atoms with Gasteiger partial charge in [-0.05, 0) is 30.5 Å². The van der Waals surface area contributed by atoms with Crippen LogP contribution in [0.5, 0.6) is 0 Å². The molecular weight excluding hydrogens is 400 g/mol. The van der Waals surface area contributed by atoms with E-state index < -0.39 is 17.7 Å². The van der Waals surface area contributed by atoms with Crippen molar-refractivity contribution in [1.29, 1.82) is 0 Å². The second-order valence-corrected chi connectivity index (χ2v) is 7.59. The van der Waals surface area contributed by atoms with Crippen molar-refractivity contribution < 1.29 is 14.4 Å². The predicted octanol–water partition coefficient (Wildman–Crippen LogP) is 2.77. The number of aromatic nitrogens is 2. The number of ketones is 1. The van der Waals surface area contributed by atoms with Gasteiger partial charge < -0.3 is 5.32 Å². The first-order valence-corrected chi connectivity index (χ1v) is 9.05. The van der Waals surface area contributed by atoms with E-state index in [4.69, 9.17) is 0 Å². The molecule has 0 saturated carbocycles. The number of rotatable bonds is 5. The van der Waals surface area contributed by atoms with Crippen LogP contribution in [0.15, 0.2) is 34.9 Å². The number of anilines is 2. The van der Waals surface area contributed by atoms with Crippen molar-refractivity contribution in [3.05, 3.63) is 40.5 Å². The monoisotopic (exact) mass is 418 g/mol. The molecule has 1 atom stereocenters. The summed E-state index contributed by atoms with van der Waals surface area (Å²) in [6, 6.07) is 5.92. The van der Waals surface area contributed by atoms with Crippen molar-refractivity contribution in [2.75, 3.05) is 10.2 Å². The van der Waals surface area contributed by atoms with Crippen LogP contribution in [0, 0.1) is 5.92 Å². The zero-order valence-corrected chi connectivity index (χ0v) is 16.3. The van der Waals surface area contributed by atoms with Gasteiger partial charge in [-0.25, -0.2) is 0 Å². The fourth-order valence-electron chi connectivity index (χ4n) is 3.01. The number of aryl methyl sites for hydroxylation is 1. The van der Waals surface area contributed by atoms with Crippen molar-refractivity contribution >= 4 is 45.0 Å². The van der Waals surface area contributed by atoms with E-state index in [1.807, 2.05) is 13.8 Å². The maximum atomic E-state index is 12.9. The third-order valence-corrected chi connectivity index (χ3v) is 4.64. The first kappa shape index (κ1) is 18.3. The Morgan fingerprint density at radius 2 is 2.00 bits per heavy atom. The molecule has 3 rings (SSSR count). The van der Waals surface area contributed by atoms with Gasteiger partial charge in [-0.2, -0.15) is 5.10 Å². The summed E-state index contributed by atoms with van der Waals surface area (Å²) in [6.45, 7) is 3.93. The molecule has 1 aliphatic heterocycles. The van der Waals surface area contributed by atoms with Crippen molar-refractivity contribution in [2.45, 2.75) is 26.3 Å². The minimum atomic E-state index is -0.795. The maximum absolute atomic E-state index is 12.9. The maximum Gasteiger partial charge on any atom is 0.300 e. The number of halogens is 1. The molecule has 0 spiro atoms. The highest BCUT2D eigenvalue weighted by Crippen LogP contribution is 2.34. The molecule has 0 saturated heterocycles. The summed E-state index contributed by atoms with van der Waals surface area (Å²) < 4.78 is 2.28. The van der Waals surface area contributed by atoms with E-state index in [-0.39, 0.29) is 11.8 Å². The van der Waals surface area contributed by atoms with Crippen molar-refractivity contribution in [2.24, 2.45) is 13.0 Å².